The summed E-state index contributed by atoms with van der Waals surface area (Å²) in [6, 6.07) is 0.754. The van der Waals surface area contributed by atoms with Crippen LogP contribution < -0.4 is 5.32 Å². The Kier molecular flexibility index (Phi) is 3.76. The lowest BCUT2D eigenvalue weighted by molar-refractivity contribution is 0.452. The second-order valence-corrected chi connectivity index (χ2v) is 5.48. The third-order valence-corrected chi connectivity index (χ3v) is 3.91. The minimum absolute atomic E-state index is 0.754. The van der Waals surface area contributed by atoms with Gasteiger partial charge in [-0.3, -0.25) is 0 Å². The average molecular weight is 224 g/mol. The molecule has 3 heteroatoms. The number of nitrogens with one attached hydrogen (secondary N) is 1. The highest BCUT2D eigenvalue weighted by Gasteiger charge is 2.29. The molecule has 1 unspecified atom stereocenters. The molecule has 1 heterocycles. The van der Waals surface area contributed by atoms with E-state index >= 15 is 0 Å². The Morgan fingerprint density at radius 3 is 2.93 bits per heavy atom. The van der Waals surface area contributed by atoms with Gasteiger partial charge in [0, 0.05) is 24.4 Å². The van der Waals surface area contributed by atoms with E-state index in [-0.39, 0.29) is 0 Å². The van der Waals surface area contributed by atoms with E-state index in [9.17, 15) is 0 Å². The average Bonchev–Trinajstić information content (AvgIpc) is 2.98. The van der Waals surface area contributed by atoms with E-state index < -0.39 is 0 Å². The predicted molar refractivity (Wildman–Crippen MR) is 65.4 cm³/mol. The van der Waals surface area contributed by atoms with Gasteiger partial charge in [0.1, 0.15) is 0 Å². The Morgan fingerprint density at radius 1 is 1.60 bits per heavy atom. The normalized spacial score (nSPS) is 18.0. The monoisotopic (exact) mass is 224 g/mol. The first kappa shape index (κ1) is 11.1. The number of hydrogen-bond acceptors (Lipinski definition) is 3. The molecule has 1 aromatic rings. The van der Waals surface area contributed by atoms with Gasteiger partial charge in [-0.15, -0.1) is 11.3 Å². The summed E-state index contributed by atoms with van der Waals surface area (Å²) in [5.74, 6) is 0.965. The first-order valence-electron chi connectivity index (χ1n) is 5.94. The van der Waals surface area contributed by atoms with Crippen LogP contribution in [0.4, 0.5) is 0 Å². The Morgan fingerprint density at radius 2 is 2.40 bits per heavy atom. The minimum Gasteiger partial charge on any atom is -0.313 e. The van der Waals surface area contributed by atoms with Crippen LogP contribution in [-0.2, 0) is 6.42 Å². The number of rotatable bonds is 6. The molecule has 2 nitrogen and oxygen atoms in total. The number of nitrogens with zero attached hydrogens (tertiary/aromatic N) is 1. The summed E-state index contributed by atoms with van der Waals surface area (Å²) < 4.78 is 0. The minimum atomic E-state index is 0.754. The molecule has 0 saturated heterocycles. The van der Waals surface area contributed by atoms with Crippen LogP contribution in [0.2, 0.25) is 0 Å². The number of aromatic nitrogens is 1. The molecule has 1 aliphatic carbocycles. The molecule has 1 atom stereocenters. The molecule has 1 saturated carbocycles. The number of hydrogen-bond donors (Lipinski definition) is 1. The third kappa shape index (κ3) is 3.28. The van der Waals surface area contributed by atoms with Gasteiger partial charge in [-0.25, -0.2) is 4.98 Å². The molecule has 0 radical (unpaired) electrons. The maximum atomic E-state index is 4.47. The zero-order chi connectivity index (χ0) is 10.7. The molecule has 0 bridgehead atoms. The largest absolute Gasteiger partial charge is 0.313 e. The van der Waals surface area contributed by atoms with Gasteiger partial charge < -0.3 is 5.32 Å². The van der Waals surface area contributed by atoms with Gasteiger partial charge in [-0.05, 0) is 32.1 Å². The standard InChI is InChI=1S/C12H20N2S/c1-3-12(10-4-5-10)13-7-6-11-8-15-9(2)14-11/h8,10,12-13H,3-7H2,1-2H3. The second kappa shape index (κ2) is 5.08. The van der Waals surface area contributed by atoms with Gasteiger partial charge in [0.25, 0.3) is 0 Å². The summed E-state index contributed by atoms with van der Waals surface area (Å²) in [6.07, 6.45) is 5.21. The molecule has 0 amide bonds. The molecular weight excluding hydrogens is 204 g/mol. The van der Waals surface area contributed by atoms with Crippen LogP contribution in [0.1, 0.15) is 36.9 Å². The Balaban J connectivity index is 1.69. The Bertz CT molecular complexity index is 304. The smallest absolute Gasteiger partial charge is 0.0897 e. The van der Waals surface area contributed by atoms with Crippen molar-refractivity contribution in [1.29, 1.82) is 0 Å². The van der Waals surface area contributed by atoms with Crippen molar-refractivity contribution in [3.63, 3.8) is 0 Å². The van der Waals surface area contributed by atoms with Crippen molar-refractivity contribution in [2.45, 2.75) is 45.6 Å². The highest BCUT2D eigenvalue weighted by Crippen LogP contribution is 2.33. The Labute approximate surface area is 96.1 Å². The lowest BCUT2D eigenvalue weighted by atomic mass is 10.1. The van der Waals surface area contributed by atoms with E-state index in [0.717, 1.165) is 24.9 Å². The number of thiazole rings is 1. The molecule has 0 aromatic carbocycles. The van der Waals surface area contributed by atoms with Crippen molar-refractivity contribution < 1.29 is 0 Å². The highest BCUT2D eigenvalue weighted by atomic mass is 32.1. The van der Waals surface area contributed by atoms with Crippen LogP contribution in [0, 0.1) is 12.8 Å². The van der Waals surface area contributed by atoms with E-state index in [1.807, 2.05) is 0 Å². The van der Waals surface area contributed by atoms with Crippen LogP contribution >= 0.6 is 11.3 Å². The van der Waals surface area contributed by atoms with Gasteiger partial charge >= 0.3 is 0 Å². The molecule has 1 aromatic heterocycles. The molecule has 0 aliphatic heterocycles. The van der Waals surface area contributed by atoms with Crippen molar-refractivity contribution in [3.05, 3.63) is 16.1 Å². The molecular formula is C12H20N2S. The van der Waals surface area contributed by atoms with Gasteiger partial charge in [0.15, 0.2) is 0 Å². The fourth-order valence-electron chi connectivity index (χ4n) is 2.05. The summed E-state index contributed by atoms with van der Waals surface area (Å²) in [5, 5.41) is 7.01. The lowest BCUT2D eigenvalue weighted by Crippen LogP contribution is -2.32. The third-order valence-electron chi connectivity index (χ3n) is 3.09. The lowest BCUT2D eigenvalue weighted by Gasteiger charge is -2.15. The van der Waals surface area contributed by atoms with Crippen molar-refractivity contribution in [2.24, 2.45) is 5.92 Å². The number of aryl methyl sites for hydroxylation is 1. The summed E-state index contributed by atoms with van der Waals surface area (Å²) >= 11 is 1.75. The van der Waals surface area contributed by atoms with E-state index in [2.05, 4.69) is 29.5 Å². The van der Waals surface area contributed by atoms with E-state index in [4.69, 9.17) is 0 Å². The summed E-state index contributed by atoms with van der Waals surface area (Å²) in [4.78, 5) is 4.47. The van der Waals surface area contributed by atoms with E-state index in [0.29, 0.717) is 0 Å². The van der Waals surface area contributed by atoms with Crippen LogP contribution in [0.5, 0.6) is 0 Å². The second-order valence-electron chi connectivity index (χ2n) is 4.41. The van der Waals surface area contributed by atoms with Gasteiger partial charge in [-0.2, -0.15) is 0 Å². The van der Waals surface area contributed by atoms with Crippen LogP contribution in [0.15, 0.2) is 5.38 Å². The van der Waals surface area contributed by atoms with Gasteiger partial charge in [0.05, 0.1) is 10.7 Å². The fourth-order valence-corrected chi connectivity index (χ4v) is 2.70. The first-order chi connectivity index (χ1) is 7.29. The molecule has 0 spiro atoms. The fraction of sp³-hybridized carbons (Fsp3) is 0.750. The highest BCUT2D eigenvalue weighted by molar-refractivity contribution is 7.09. The molecule has 2 rings (SSSR count). The van der Waals surface area contributed by atoms with Crippen molar-refractivity contribution in [3.8, 4) is 0 Å². The molecule has 1 N–H and O–H groups in total. The van der Waals surface area contributed by atoms with Crippen LogP contribution in [0.3, 0.4) is 0 Å². The summed E-state index contributed by atoms with van der Waals surface area (Å²) in [6.45, 7) is 5.43. The van der Waals surface area contributed by atoms with E-state index in [1.165, 1.54) is 30.0 Å². The maximum absolute atomic E-state index is 4.47. The topological polar surface area (TPSA) is 24.9 Å². The van der Waals surface area contributed by atoms with Crippen LogP contribution in [0.25, 0.3) is 0 Å². The zero-order valence-corrected chi connectivity index (χ0v) is 10.4. The van der Waals surface area contributed by atoms with Crippen molar-refractivity contribution in [2.75, 3.05) is 6.54 Å². The Hall–Kier alpha value is -0.410. The van der Waals surface area contributed by atoms with E-state index in [1.54, 1.807) is 11.3 Å². The zero-order valence-electron chi connectivity index (χ0n) is 9.62. The summed E-state index contributed by atoms with van der Waals surface area (Å²) in [5.41, 5.74) is 1.25. The van der Waals surface area contributed by atoms with Crippen molar-refractivity contribution >= 4 is 11.3 Å². The molecule has 84 valence electrons. The molecule has 1 fully saturated rings. The predicted octanol–water partition coefficient (Wildman–Crippen LogP) is 2.77. The van der Waals surface area contributed by atoms with Gasteiger partial charge in [-0.1, -0.05) is 6.92 Å². The molecule has 1 aliphatic rings. The first-order valence-corrected chi connectivity index (χ1v) is 6.82. The quantitative estimate of drug-likeness (QED) is 0.803. The van der Waals surface area contributed by atoms with Crippen molar-refractivity contribution in [1.82, 2.24) is 10.3 Å². The SMILES string of the molecule is CCC(NCCc1csc(C)n1)C1CC1. The molecule has 15 heavy (non-hydrogen) atoms. The van der Waals surface area contributed by atoms with Gasteiger partial charge in [0.2, 0.25) is 0 Å². The summed E-state index contributed by atoms with van der Waals surface area (Å²) in [7, 11) is 0. The van der Waals surface area contributed by atoms with Crippen LogP contribution in [-0.4, -0.2) is 17.6 Å². The maximum Gasteiger partial charge on any atom is 0.0897 e.